The van der Waals surface area contributed by atoms with Gasteiger partial charge in [-0.2, -0.15) is 0 Å². The number of amides is 1. The molecule has 1 aliphatic rings. The van der Waals surface area contributed by atoms with Crippen LogP contribution in [0, 0.1) is 0 Å². The summed E-state index contributed by atoms with van der Waals surface area (Å²) in [6, 6.07) is 10.1. The molecule has 160 valence electrons. The summed E-state index contributed by atoms with van der Waals surface area (Å²) in [7, 11) is -3.32. The Hall–Kier alpha value is -1.87. The minimum Gasteiger partial charge on any atom is -0.439 e. The largest absolute Gasteiger partial charge is 0.439 e. The molecule has 1 saturated heterocycles. The summed E-state index contributed by atoms with van der Waals surface area (Å²) >= 11 is 0. The molecule has 0 aliphatic carbocycles. The van der Waals surface area contributed by atoms with E-state index in [0.29, 0.717) is 24.6 Å². The smallest absolute Gasteiger partial charge is 0.224 e. The van der Waals surface area contributed by atoms with Crippen molar-refractivity contribution in [1.29, 1.82) is 0 Å². The molecule has 0 radical (unpaired) electrons. The van der Waals surface area contributed by atoms with E-state index in [9.17, 15) is 13.2 Å². The second-order valence-electron chi connectivity index (χ2n) is 6.59. The number of benzene rings is 1. The number of pyridine rings is 1. The number of rotatable bonds is 7. The average molecular weight is 462 g/mol. The first-order valence-electron chi connectivity index (χ1n) is 8.84. The van der Waals surface area contributed by atoms with E-state index in [1.54, 1.807) is 24.4 Å². The Labute approximate surface area is 183 Å². The molecule has 1 unspecified atom stereocenters. The van der Waals surface area contributed by atoms with Gasteiger partial charge in [0.25, 0.3) is 0 Å². The van der Waals surface area contributed by atoms with Crippen LogP contribution in [0.2, 0.25) is 0 Å². The molecule has 10 heteroatoms. The van der Waals surface area contributed by atoms with Crippen LogP contribution in [0.5, 0.6) is 11.6 Å². The van der Waals surface area contributed by atoms with Crippen LogP contribution in [0.25, 0.3) is 0 Å². The molecule has 2 N–H and O–H groups in total. The molecule has 2 aromatic rings. The van der Waals surface area contributed by atoms with E-state index in [4.69, 9.17) is 4.74 Å². The first kappa shape index (κ1) is 25.2. The quantitative estimate of drug-likeness (QED) is 0.657. The van der Waals surface area contributed by atoms with E-state index < -0.39 is 9.84 Å². The number of halogens is 2. The van der Waals surface area contributed by atoms with E-state index >= 15 is 0 Å². The van der Waals surface area contributed by atoms with Gasteiger partial charge in [0.1, 0.15) is 5.75 Å². The molecular formula is C19H25Cl2N3O4S. The first-order valence-corrected chi connectivity index (χ1v) is 10.7. The van der Waals surface area contributed by atoms with Gasteiger partial charge in [0, 0.05) is 37.0 Å². The lowest BCUT2D eigenvalue weighted by Gasteiger charge is -2.13. The summed E-state index contributed by atoms with van der Waals surface area (Å²) < 4.78 is 29.2. The fourth-order valence-corrected chi connectivity index (χ4v) is 3.61. The maximum absolute atomic E-state index is 12.1. The predicted molar refractivity (Wildman–Crippen MR) is 116 cm³/mol. The van der Waals surface area contributed by atoms with Crippen LogP contribution in [-0.2, 0) is 21.2 Å². The summed E-state index contributed by atoms with van der Waals surface area (Å²) in [6.45, 7) is 1.26. The maximum Gasteiger partial charge on any atom is 0.224 e. The zero-order valence-corrected chi connectivity index (χ0v) is 18.4. The molecule has 1 aromatic carbocycles. The summed E-state index contributed by atoms with van der Waals surface area (Å²) in [5, 5.41) is 6.19. The van der Waals surface area contributed by atoms with Crippen LogP contribution in [0.15, 0.2) is 47.5 Å². The van der Waals surface area contributed by atoms with Gasteiger partial charge in [0.15, 0.2) is 9.84 Å². The number of hydrogen-bond donors (Lipinski definition) is 2. The van der Waals surface area contributed by atoms with Gasteiger partial charge in [-0.25, -0.2) is 13.4 Å². The van der Waals surface area contributed by atoms with Gasteiger partial charge in [-0.1, -0.05) is 12.1 Å². The standard InChI is InChI=1S/C19H23N3O4S.2ClH/c1-27(24,25)17-8-2-7-16(12-17)26-19-14(5-3-10-21-19)13-22-18(23)11-15-6-4-9-20-15;;/h2-3,5,7-8,10,12,15,20H,4,6,9,11,13H2,1H3,(H,22,23);2*1H. The molecule has 1 aromatic heterocycles. The van der Waals surface area contributed by atoms with Crippen LogP contribution >= 0.6 is 24.8 Å². The lowest BCUT2D eigenvalue weighted by molar-refractivity contribution is -0.121. The lowest BCUT2D eigenvalue weighted by Crippen LogP contribution is -2.31. The van der Waals surface area contributed by atoms with Crippen molar-refractivity contribution < 1.29 is 17.9 Å². The van der Waals surface area contributed by atoms with E-state index in [2.05, 4.69) is 15.6 Å². The molecule has 1 atom stereocenters. The second kappa shape index (κ2) is 11.3. The molecule has 1 fully saturated rings. The van der Waals surface area contributed by atoms with Gasteiger partial charge < -0.3 is 15.4 Å². The van der Waals surface area contributed by atoms with Crippen molar-refractivity contribution in [3.8, 4) is 11.6 Å². The van der Waals surface area contributed by atoms with Crippen LogP contribution in [0.1, 0.15) is 24.8 Å². The Kier molecular flexibility index (Phi) is 9.85. The van der Waals surface area contributed by atoms with Crippen molar-refractivity contribution in [3.05, 3.63) is 48.2 Å². The monoisotopic (exact) mass is 461 g/mol. The molecule has 0 saturated carbocycles. The number of carbonyl (C=O) groups excluding carboxylic acids is 1. The highest BCUT2D eigenvalue weighted by Crippen LogP contribution is 2.25. The maximum atomic E-state index is 12.1. The number of sulfone groups is 1. The SMILES string of the molecule is CS(=O)(=O)c1cccc(Oc2ncccc2CNC(=O)CC2CCCN2)c1.Cl.Cl. The number of carbonyl (C=O) groups is 1. The fourth-order valence-electron chi connectivity index (χ4n) is 2.95. The third-order valence-corrected chi connectivity index (χ3v) is 5.48. The van der Waals surface area contributed by atoms with Crippen LogP contribution in [0.4, 0.5) is 0 Å². The molecule has 0 bridgehead atoms. The molecular weight excluding hydrogens is 437 g/mol. The Morgan fingerprint density at radius 3 is 2.76 bits per heavy atom. The van der Waals surface area contributed by atoms with Crippen molar-refractivity contribution >= 4 is 40.6 Å². The predicted octanol–water partition coefficient (Wildman–Crippen LogP) is 2.88. The van der Waals surface area contributed by atoms with Gasteiger partial charge in [0.05, 0.1) is 4.90 Å². The van der Waals surface area contributed by atoms with Crippen molar-refractivity contribution in [3.63, 3.8) is 0 Å². The Balaban J connectivity index is 0.00000210. The minimum atomic E-state index is -3.32. The van der Waals surface area contributed by atoms with Crippen molar-refractivity contribution in [2.75, 3.05) is 12.8 Å². The van der Waals surface area contributed by atoms with Gasteiger partial charge in [-0.15, -0.1) is 24.8 Å². The highest BCUT2D eigenvalue weighted by molar-refractivity contribution is 7.90. The Morgan fingerprint density at radius 2 is 2.07 bits per heavy atom. The molecule has 0 spiro atoms. The highest BCUT2D eigenvalue weighted by Gasteiger charge is 2.18. The number of nitrogens with one attached hydrogen (secondary N) is 2. The van der Waals surface area contributed by atoms with E-state index in [1.165, 1.54) is 12.1 Å². The zero-order chi connectivity index (χ0) is 19.3. The summed E-state index contributed by atoms with van der Waals surface area (Å²) in [4.78, 5) is 16.5. The molecule has 1 amide bonds. The molecule has 2 heterocycles. The van der Waals surface area contributed by atoms with E-state index in [-0.39, 0.29) is 41.7 Å². The van der Waals surface area contributed by atoms with Crippen molar-refractivity contribution in [2.24, 2.45) is 0 Å². The fraction of sp³-hybridized carbons (Fsp3) is 0.368. The lowest BCUT2D eigenvalue weighted by atomic mass is 10.1. The minimum absolute atomic E-state index is 0. The second-order valence-corrected chi connectivity index (χ2v) is 8.61. The number of ether oxygens (including phenoxy) is 1. The van der Waals surface area contributed by atoms with Crippen LogP contribution in [0.3, 0.4) is 0 Å². The van der Waals surface area contributed by atoms with Gasteiger partial charge in [0.2, 0.25) is 11.8 Å². The van der Waals surface area contributed by atoms with Crippen molar-refractivity contribution in [2.45, 2.75) is 36.7 Å². The Bertz CT molecular complexity index is 919. The van der Waals surface area contributed by atoms with Gasteiger partial charge in [-0.05, 0) is 43.7 Å². The third kappa shape index (κ3) is 7.47. The van der Waals surface area contributed by atoms with E-state index in [1.807, 2.05) is 6.07 Å². The summed E-state index contributed by atoms with van der Waals surface area (Å²) in [5.41, 5.74) is 0.718. The first-order chi connectivity index (χ1) is 12.9. The van der Waals surface area contributed by atoms with Crippen LogP contribution in [-0.4, -0.2) is 38.2 Å². The highest BCUT2D eigenvalue weighted by atomic mass is 35.5. The topological polar surface area (TPSA) is 97.4 Å². The third-order valence-electron chi connectivity index (χ3n) is 4.37. The van der Waals surface area contributed by atoms with Crippen LogP contribution < -0.4 is 15.4 Å². The number of hydrogen-bond acceptors (Lipinski definition) is 6. The van der Waals surface area contributed by atoms with Crippen molar-refractivity contribution in [1.82, 2.24) is 15.6 Å². The number of aromatic nitrogens is 1. The van der Waals surface area contributed by atoms with Gasteiger partial charge >= 0.3 is 0 Å². The zero-order valence-electron chi connectivity index (χ0n) is 16.0. The molecule has 29 heavy (non-hydrogen) atoms. The summed E-state index contributed by atoms with van der Waals surface area (Å²) in [6.07, 6.45) is 5.31. The van der Waals surface area contributed by atoms with Gasteiger partial charge in [-0.3, -0.25) is 4.79 Å². The molecule has 1 aliphatic heterocycles. The summed E-state index contributed by atoms with van der Waals surface area (Å²) in [5.74, 6) is 0.685. The normalized spacial score (nSPS) is 15.7. The Morgan fingerprint density at radius 1 is 1.28 bits per heavy atom. The molecule has 3 rings (SSSR count). The van der Waals surface area contributed by atoms with E-state index in [0.717, 1.165) is 31.2 Å². The number of nitrogens with zero attached hydrogens (tertiary/aromatic N) is 1. The molecule has 7 nitrogen and oxygen atoms in total. The average Bonchev–Trinajstić information content (AvgIpc) is 3.13.